The number of hydrogen-bond donors (Lipinski definition) is 0. The fourth-order valence-electron chi connectivity index (χ4n) is 3.39. The van der Waals surface area contributed by atoms with Crippen molar-refractivity contribution in [3.8, 4) is 22.9 Å². The maximum absolute atomic E-state index is 12.7. The van der Waals surface area contributed by atoms with Crippen molar-refractivity contribution in [3.05, 3.63) is 53.4 Å². The lowest BCUT2D eigenvalue weighted by atomic mass is 10.1. The maximum Gasteiger partial charge on any atom is 0.232 e. The van der Waals surface area contributed by atoms with E-state index in [9.17, 15) is 4.79 Å². The summed E-state index contributed by atoms with van der Waals surface area (Å²) >= 11 is 6.12. The first kappa shape index (κ1) is 19.3. The van der Waals surface area contributed by atoms with E-state index < -0.39 is 0 Å². The molecule has 1 unspecified atom stereocenters. The van der Waals surface area contributed by atoms with Crippen LogP contribution in [0.2, 0.25) is 5.02 Å². The average Bonchev–Trinajstić information content (AvgIpc) is 3.35. The van der Waals surface area contributed by atoms with Crippen LogP contribution in [-0.4, -0.2) is 36.3 Å². The summed E-state index contributed by atoms with van der Waals surface area (Å²) in [6, 6.07) is 12.7. The number of ether oxygens (including phenoxy) is 2. The SMILES string of the molecule is CCOc1cccc(-c2noc(C3CC(=O)N(c4cc(Cl)ccc4OC)C3)n2)c1. The van der Waals surface area contributed by atoms with Crippen molar-refractivity contribution >= 4 is 23.2 Å². The van der Waals surface area contributed by atoms with Crippen molar-refractivity contribution in [1.82, 2.24) is 10.1 Å². The minimum atomic E-state index is -0.206. The Morgan fingerprint density at radius 3 is 2.93 bits per heavy atom. The van der Waals surface area contributed by atoms with Crippen LogP contribution in [0.1, 0.15) is 25.2 Å². The van der Waals surface area contributed by atoms with Crippen LogP contribution in [0.5, 0.6) is 11.5 Å². The Morgan fingerprint density at radius 2 is 2.14 bits per heavy atom. The van der Waals surface area contributed by atoms with E-state index in [1.807, 2.05) is 31.2 Å². The van der Waals surface area contributed by atoms with Gasteiger partial charge < -0.3 is 18.9 Å². The fraction of sp³-hybridized carbons (Fsp3) is 0.286. The number of rotatable bonds is 6. The highest BCUT2D eigenvalue weighted by atomic mass is 35.5. The largest absolute Gasteiger partial charge is 0.495 e. The molecule has 4 rings (SSSR count). The van der Waals surface area contributed by atoms with Gasteiger partial charge in [-0.05, 0) is 37.3 Å². The Bertz CT molecular complexity index is 1040. The van der Waals surface area contributed by atoms with Gasteiger partial charge in [0, 0.05) is 23.6 Å². The summed E-state index contributed by atoms with van der Waals surface area (Å²) in [5, 5.41) is 4.62. The second kappa shape index (κ2) is 8.13. The Kier molecular flexibility index (Phi) is 5.40. The summed E-state index contributed by atoms with van der Waals surface area (Å²) in [6.07, 6.45) is 0.274. The smallest absolute Gasteiger partial charge is 0.232 e. The number of benzene rings is 2. The van der Waals surface area contributed by atoms with Crippen molar-refractivity contribution in [1.29, 1.82) is 0 Å². The van der Waals surface area contributed by atoms with Crippen molar-refractivity contribution in [2.75, 3.05) is 25.2 Å². The Balaban J connectivity index is 1.56. The van der Waals surface area contributed by atoms with E-state index in [0.717, 1.165) is 11.3 Å². The molecule has 8 heteroatoms. The molecule has 1 atom stereocenters. The molecule has 1 amide bonds. The van der Waals surface area contributed by atoms with Gasteiger partial charge in [0.1, 0.15) is 11.5 Å². The zero-order chi connectivity index (χ0) is 20.4. The van der Waals surface area contributed by atoms with Crippen LogP contribution in [0.15, 0.2) is 47.0 Å². The zero-order valence-corrected chi connectivity index (χ0v) is 16.8. The van der Waals surface area contributed by atoms with Crippen LogP contribution in [0.25, 0.3) is 11.4 Å². The highest BCUT2D eigenvalue weighted by molar-refractivity contribution is 6.31. The lowest BCUT2D eigenvalue weighted by Gasteiger charge is -2.19. The third-order valence-electron chi connectivity index (χ3n) is 4.75. The third kappa shape index (κ3) is 3.91. The number of carbonyl (C=O) groups excluding carboxylic acids is 1. The molecular weight excluding hydrogens is 394 g/mol. The van der Waals surface area contributed by atoms with Crippen molar-refractivity contribution in [2.24, 2.45) is 0 Å². The number of aromatic nitrogens is 2. The van der Waals surface area contributed by atoms with Gasteiger partial charge in [0.2, 0.25) is 17.6 Å². The highest BCUT2D eigenvalue weighted by Gasteiger charge is 2.36. The summed E-state index contributed by atoms with van der Waals surface area (Å²) in [5.41, 5.74) is 1.43. The molecule has 0 radical (unpaired) electrons. The predicted octanol–water partition coefficient (Wildman–Crippen LogP) is 4.32. The molecule has 1 saturated heterocycles. The molecule has 1 aromatic heterocycles. The molecule has 2 heterocycles. The fourth-order valence-corrected chi connectivity index (χ4v) is 3.56. The molecule has 2 aromatic carbocycles. The molecule has 0 aliphatic carbocycles. The summed E-state index contributed by atoms with van der Waals surface area (Å²) in [6.45, 7) is 2.92. The summed E-state index contributed by atoms with van der Waals surface area (Å²) in [7, 11) is 1.56. The van der Waals surface area contributed by atoms with Gasteiger partial charge >= 0.3 is 0 Å². The molecule has 0 spiro atoms. The second-order valence-corrected chi connectivity index (χ2v) is 7.08. The topological polar surface area (TPSA) is 77.7 Å². The van der Waals surface area contributed by atoms with E-state index in [2.05, 4.69) is 10.1 Å². The Labute approximate surface area is 173 Å². The Hall–Kier alpha value is -3.06. The van der Waals surface area contributed by atoms with Gasteiger partial charge in [-0.3, -0.25) is 4.79 Å². The van der Waals surface area contributed by atoms with Gasteiger partial charge in [-0.1, -0.05) is 28.9 Å². The van der Waals surface area contributed by atoms with Gasteiger partial charge in [0.15, 0.2) is 0 Å². The van der Waals surface area contributed by atoms with Gasteiger partial charge in [-0.15, -0.1) is 0 Å². The number of hydrogen-bond acceptors (Lipinski definition) is 6. The zero-order valence-electron chi connectivity index (χ0n) is 16.1. The molecule has 1 aliphatic heterocycles. The van der Waals surface area contributed by atoms with Crippen LogP contribution in [0, 0.1) is 0 Å². The van der Waals surface area contributed by atoms with Crippen molar-refractivity contribution in [2.45, 2.75) is 19.3 Å². The molecule has 3 aromatic rings. The second-order valence-electron chi connectivity index (χ2n) is 6.64. The summed E-state index contributed by atoms with van der Waals surface area (Å²) < 4.78 is 16.4. The van der Waals surface area contributed by atoms with Crippen LogP contribution in [-0.2, 0) is 4.79 Å². The molecule has 150 valence electrons. The van der Waals surface area contributed by atoms with Gasteiger partial charge in [-0.2, -0.15) is 4.98 Å². The van der Waals surface area contributed by atoms with E-state index in [1.54, 1.807) is 30.2 Å². The molecule has 0 saturated carbocycles. The molecule has 0 bridgehead atoms. The van der Waals surface area contributed by atoms with E-state index in [0.29, 0.717) is 41.3 Å². The van der Waals surface area contributed by atoms with E-state index in [1.165, 1.54) is 0 Å². The highest BCUT2D eigenvalue weighted by Crippen LogP contribution is 2.38. The predicted molar refractivity (Wildman–Crippen MR) is 109 cm³/mol. The van der Waals surface area contributed by atoms with Gasteiger partial charge in [0.05, 0.1) is 25.3 Å². The molecule has 29 heavy (non-hydrogen) atoms. The first-order valence-corrected chi connectivity index (χ1v) is 9.67. The number of halogens is 1. The summed E-state index contributed by atoms with van der Waals surface area (Å²) in [4.78, 5) is 18.8. The average molecular weight is 414 g/mol. The first-order valence-electron chi connectivity index (χ1n) is 9.29. The van der Waals surface area contributed by atoms with Crippen LogP contribution >= 0.6 is 11.6 Å². The van der Waals surface area contributed by atoms with E-state index in [-0.39, 0.29) is 18.2 Å². The quantitative estimate of drug-likeness (QED) is 0.599. The van der Waals surface area contributed by atoms with Crippen molar-refractivity contribution in [3.63, 3.8) is 0 Å². The normalized spacial score (nSPS) is 16.3. The van der Waals surface area contributed by atoms with Gasteiger partial charge in [0.25, 0.3) is 0 Å². The third-order valence-corrected chi connectivity index (χ3v) is 4.99. The molecule has 1 fully saturated rings. The lowest BCUT2D eigenvalue weighted by Crippen LogP contribution is -2.24. The van der Waals surface area contributed by atoms with E-state index in [4.69, 9.17) is 25.6 Å². The standard InChI is InChI=1S/C21H20ClN3O4/c1-3-28-16-6-4-5-13(9-16)20-23-21(29-24-20)14-10-19(26)25(12-14)17-11-15(22)7-8-18(17)27-2/h4-9,11,14H,3,10,12H2,1-2H3. The Morgan fingerprint density at radius 1 is 1.28 bits per heavy atom. The molecule has 1 aliphatic rings. The van der Waals surface area contributed by atoms with Crippen molar-refractivity contribution < 1.29 is 18.8 Å². The molecule has 0 N–H and O–H groups in total. The number of nitrogens with zero attached hydrogens (tertiary/aromatic N) is 3. The number of carbonyl (C=O) groups is 1. The maximum atomic E-state index is 12.7. The van der Waals surface area contributed by atoms with Crippen LogP contribution in [0.3, 0.4) is 0 Å². The number of methoxy groups -OCH3 is 1. The van der Waals surface area contributed by atoms with Crippen LogP contribution < -0.4 is 14.4 Å². The summed E-state index contributed by atoms with van der Waals surface area (Å²) in [5.74, 6) is 1.97. The molecule has 7 nitrogen and oxygen atoms in total. The number of anilines is 1. The van der Waals surface area contributed by atoms with Gasteiger partial charge in [-0.25, -0.2) is 0 Å². The monoisotopic (exact) mass is 413 g/mol. The minimum Gasteiger partial charge on any atom is -0.495 e. The van der Waals surface area contributed by atoms with Crippen LogP contribution in [0.4, 0.5) is 5.69 Å². The molecular formula is C21H20ClN3O4. The minimum absolute atomic E-state index is 0.0475. The first-order chi connectivity index (χ1) is 14.1. The number of amides is 1. The van der Waals surface area contributed by atoms with E-state index >= 15 is 0 Å². The lowest BCUT2D eigenvalue weighted by molar-refractivity contribution is -0.117.